The second-order valence-corrected chi connectivity index (χ2v) is 7.03. The Labute approximate surface area is 112 Å². The maximum Gasteiger partial charge on any atom is 0.123 e. The maximum atomic E-state index is 13.3. The monoisotopic (exact) mass is 264 g/mol. The molecule has 1 fully saturated rings. The molecule has 2 rings (SSSR count). The van der Waals surface area contributed by atoms with Crippen molar-refractivity contribution in [1.29, 1.82) is 5.26 Å². The number of halogens is 1. The average molecular weight is 264 g/mol. The van der Waals surface area contributed by atoms with E-state index in [0.29, 0.717) is 12.1 Å². The van der Waals surface area contributed by atoms with Crippen LogP contribution in [0.1, 0.15) is 25.0 Å². The van der Waals surface area contributed by atoms with Crippen molar-refractivity contribution >= 4 is 11.8 Å². The van der Waals surface area contributed by atoms with Crippen LogP contribution in [0.3, 0.4) is 0 Å². The van der Waals surface area contributed by atoms with Gasteiger partial charge in [-0.1, -0.05) is 0 Å². The molecule has 1 aromatic carbocycles. The molecule has 2 nitrogen and oxygen atoms in total. The third-order valence-electron chi connectivity index (χ3n) is 3.09. The van der Waals surface area contributed by atoms with Crippen molar-refractivity contribution in [2.45, 2.75) is 25.1 Å². The summed E-state index contributed by atoms with van der Waals surface area (Å²) in [7, 11) is 0. The predicted octanol–water partition coefficient (Wildman–Crippen LogP) is 3.02. The molecule has 1 heterocycles. The number of thioether (sulfide) groups is 1. The summed E-state index contributed by atoms with van der Waals surface area (Å²) in [5.74, 6) is 0.819. The Morgan fingerprint density at radius 1 is 1.50 bits per heavy atom. The minimum absolute atomic E-state index is 0.235. The van der Waals surface area contributed by atoms with E-state index < -0.39 is 0 Å². The van der Waals surface area contributed by atoms with E-state index in [0.717, 1.165) is 24.4 Å². The lowest BCUT2D eigenvalue weighted by molar-refractivity contribution is 0.252. The highest BCUT2D eigenvalue weighted by Gasteiger charge is 2.27. The van der Waals surface area contributed by atoms with Crippen LogP contribution in [-0.4, -0.2) is 28.5 Å². The molecule has 96 valence electrons. The fraction of sp³-hybridized carbons (Fsp3) is 0.500. The molecule has 18 heavy (non-hydrogen) atoms. The summed E-state index contributed by atoms with van der Waals surface area (Å²) in [6, 6.07) is 6.52. The Balaban J connectivity index is 2.14. The van der Waals surface area contributed by atoms with Crippen molar-refractivity contribution in [3.8, 4) is 6.07 Å². The van der Waals surface area contributed by atoms with Crippen LogP contribution in [0, 0.1) is 17.1 Å². The van der Waals surface area contributed by atoms with E-state index in [1.807, 2.05) is 11.8 Å². The molecule has 0 spiro atoms. The summed E-state index contributed by atoms with van der Waals surface area (Å²) in [5.41, 5.74) is 1.37. The van der Waals surface area contributed by atoms with Crippen LogP contribution < -0.4 is 0 Å². The van der Waals surface area contributed by atoms with E-state index in [1.54, 1.807) is 6.07 Å². The van der Waals surface area contributed by atoms with Crippen molar-refractivity contribution < 1.29 is 4.39 Å². The van der Waals surface area contributed by atoms with Crippen LogP contribution >= 0.6 is 11.8 Å². The molecular weight excluding hydrogens is 247 g/mol. The Bertz CT molecular complexity index is 479. The molecule has 0 aliphatic carbocycles. The van der Waals surface area contributed by atoms with Crippen LogP contribution in [-0.2, 0) is 6.54 Å². The van der Waals surface area contributed by atoms with Crippen LogP contribution in [0.2, 0.25) is 0 Å². The Morgan fingerprint density at radius 2 is 2.28 bits per heavy atom. The van der Waals surface area contributed by atoms with E-state index in [2.05, 4.69) is 24.8 Å². The molecule has 1 aliphatic heterocycles. The van der Waals surface area contributed by atoms with Gasteiger partial charge >= 0.3 is 0 Å². The Kier molecular flexibility index (Phi) is 3.94. The summed E-state index contributed by atoms with van der Waals surface area (Å²) in [6.45, 7) is 7.07. The van der Waals surface area contributed by atoms with Crippen molar-refractivity contribution in [2.24, 2.45) is 0 Å². The first-order valence-electron chi connectivity index (χ1n) is 6.05. The topological polar surface area (TPSA) is 27.0 Å². The highest BCUT2D eigenvalue weighted by molar-refractivity contribution is 8.00. The second-order valence-electron chi connectivity index (χ2n) is 5.23. The largest absolute Gasteiger partial charge is 0.297 e. The van der Waals surface area contributed by atoms with Crippen LogP contribution in [0.5, 0.6) is 0 Å². The highest BCUT2D eigenvalue weighted by Crippen LogP contribution is 2.30. The number of nitriles is 1. The summed E-state index contributed by atoms with van der Waals surface area (Å²) >= 11 is 1.97. The Hall–Kier alpha value is -1.05. The minimum atomic E-state index is -0.269. The smallest absolute Gasteiger partial charge is 0.123 e. The zero-order valence-corrected chi connectivity index (χ0v) is 11.6. The van der Waals surface area contributed by atoms with Crippen LogP contribution in [0.15, 0.2) is 18.2 Å². The predicted molar refractivity (Wildman–Crippen MR) is 72.9 cm³/mol. The van der Waals surface area contributed by atoms with Gasteiger partial charge in [-0.05, 0) is 37.6 Å². The van der Waals surface area contributed by atoms with Gasteiger partial charge < -0.3 is 0 Å². The van der Waals surface area contributed by atoms with Gasteiger partial charge in [-0.3, -0.25) is 4.90 Å². The van der Waals surface area contributed by atoms with E-state index in [9.17, 15) is 4.39 Å². The molecule has 1 aliphatic rings. The van der Waals surface area contributed by atoms with Crippen molar-refractivity contribution in [3.05, 3.63) is 35.1 Å². The normalized spacial score (nSPS) is 19.4. The van der Waals surface area contributed by atoms with E-state index in [4.69, 9.17) is 5.26 Å². The molecule has 1 saturated heterocycles. The van der Waals surface area contributed by atoms with Crippen molar-refractivity contribution in [1.82, 2.24) is 4.90 Å². The molecule has 0 bridgehead atoms. The van der Waals surface area contributed by atoms with Crippen LogP contribution in [0.4, 0.5) is 4.39 Å². The summed E-state index contributed by atoms with van der Waals surface area (Å²) < 4.78 is 13.5. The summed E-state index contributed by atoms with van der Waals surface area (Å²) in [5, 5.41) is 9.05. The molecule has 1 aromatic rings. The lowest BCUT2D eigenvalue weighted by Gasteiger charge is -2.37. The van der Waals surface area contributed by atoms with Crippen molar-refractivity contribution in [3.63, 3.8) is 0 Å². The molecule has 0 radical (unpaired) electrons. The molecule has 0 unspecified atom stereocenters. The average Bonchev–Trinajstić information content (AvgIpc) is 2.28. The van der Waals surface area contributed by atoms with Gasteiger partial charge in [0.25, 0.3) is 0 Å². The number of nitrogens with zero attached hydrogens (tertiary/aromatic N) is 2. The zero-order chi connectivity index (χ0) is 13.2. The molecule has 0 saturated carbocycles. The highest BCUT2D eigenvalue weighted by atomic mass is 32.2. The molecule has 4 heteroatoms. The van der Waals surface area contributed by atoms with Gasteiger partial charge in [0.1, 0.15) is 5.82 Å². The fourth-order valence-electron chi connectivity index (χ4n) is 2.29. The molecule has 0 aromatic heterocycles. The van der Waals surface area contributed by atoms with Gasteiger partial charge in [0.15, 0.2) is 0 Å². The molecular formula is C14H17FN2S. The van der Waals surface area contributed by atoms with E-state index >= 15 is 0 Å². The lowest BCUT2D eigenvalue weighted by atomic mass is 10.1. The zero-order valence-electron chi connectivity index (χ0n) is 10.7. The third-order valence-corrected chi connectivity index (χ3v) is 4.38. The third kappa shape index (κ3) is 3.24. The molecule has 0 amide bonds. The van der Waals surface area contributed by atoms with Gasteiger partial charge in [-0.15, -0.1) is 0 Å². The van der Waals surface area contributed by atoms with Gasteiger partial charge in [0.2, 0.25) is 0 Å². The number of benzene rings is 1. The SMILES string of the molecule is CC1(C)CN(Cc2cc(F)ccc2C#N)CCS1. The van der Waals surface area contributed by atoms with Gasteiger partial charge in [0, 0.05) is 30.1 Å². The van der Waals surface area contributed by atoms with E-state index in [1.165, 1.54) is 12.1 Å². The van der Waals surface area contributed by atoms with Gasteiger partial charge in [-0.2, -0.15) is 17.0 Å². The van der Waals surface area contributed by atoms with E-state index in [-0.39, 0.29) is 10.6 Å². The molecule has 0 N–H and O–H groups in total. The first-order chi connectivity index (χ1) is 8.50. The first kappa shape index (κ1) is 13.4. The van der Waals surface area contributed by atoms with Gasteiger partial charge in [-0.25, -0.2) is 4.39 Å². The quantitative estimate of drug-likeness (QED) is 0.821. The van der Waals surface area contributed by atoms with Crippen molar-refractivity contribution in [2.75, 3.05) is 18.8 Å². The fourth-order valence-corrected chi connectivity index (χ4v) is 3.47. The van der Waals surface area contributed by atoms with Gasteiger partial charge in [0.05, 0.1) is 11.6 Å². The van der Waals surface area contributed by atoms with Crippen LogP contribution in [0.25, 0.3) is 0 Å². The molecule has 0 atom stereocenters. The summed E-state index contributed by atoms with van der Waals surface area (Å²) in [4.78, 5) is 2.30. The number of rotatable bonds is 2. The number of hydrogen-bond acceptors (Lipinski definition) is 3. The first-order valence-corrected chi connectivity index (χ1v) is 7.03. The maximum absolute atomic E-state index is 13.3. The minimum Gasteiger partial charge on any atom is -0.297 e. The lowest BCUT2D eigenvalue weighted by Crippen LogP contribution is -2.42. The Morgan fingerprint density at radius 3 is 2.94 bits per heavy atom. The summed E-state index contributed by atoms with van der Waals surface area (Å²) in [6.07, 6.45) is 0. The second kappa shape index (κ2) is 5.29. The standard InChI is InChI=1S/C14H17FN2S/c1-14(2)10-17(5-6-18-14)9-12-7-13(15)4-3-11(12)8-16/h3-4,7H,5-6,9-10H2,1-2H3. The number of hydrogen-bond donors (Lipinski definition) is 0.